The summed E-state index contributed by atoms with van der Waals surface area (Å²) in [7, 11) is 0. The summed E-state index contributed by atoms with van der Waals surface area (Å²) in [6, 6.07) is 0. The molecule has 118 valence electrons. The van der Waals surface area contributed by atoms with Gasteiger partial charge in [0.15, 0.2) is 0 Å². The number of rotatable bonds is 8. The number of carboxylic acid groups (broad SMARTS) is 1. The average molecular weight is 285 g/mol. The Morgan fingerprint density at radius 3 is 2.05 bits per heavy atom. The van der Waals surface area contributed by atoms with Gasteiger partial charge in [-0.05, 0) is 30.6 Å². The molecule has 1 unspecified atom stereocenters. The van der Waals surface area contributed by atoms with Crippen molar-refractivity contribution in [3.63, 3.8) is 0 Å². The van der Waals surface area contributed by atoms with Crippen LogP contribution in [0.2, 0.25) is 0 Å². The van der Waals surface area contributed by atoms with Gasteiger partial charge in [-0.25, -0.2) is 0 Å². The normalized spacial score (nSPS) is 13.9. The van der Waals surface area contributed by atoms with Crippen LogP contribution in [0.4, 0.5) is 0 Å². The quantitative estimate of drug-likeness (QED) is 0.717. The molecule has 0 heterocycles. The third-order valence-electron chi connectivity index (χ3n) is 4.21. The van der Waals surface area contributed by atoms with Crippen LogP contribution < -0.4 is 5.32 Å². The molecule has 0 aliphatic rings. The van der Waals surface area contributed by atoms with Gasteiger partial charge in [-0.2, -0.15) is 0 Å². The fourth-order valence-electron chi connectivity index (χ4n) is 2.07. The zero-order chi connectivity index (χ0) is 16.0. The van der Waals surface area contributed by atoms with Crippen molar-refractivity contribution >= 4 is 11.9 Å². The van der Waals surface area contributed by atoms with Gasteiger partial charge in [-0.3, -0.25) is 9.59 Å². The molecule has 0 aromatic heterocycles. The lowest BCUT2D eigenvalue weighted by Gasteiger charge is -2.31. The second-order valence-electron chi connectivity index (χ2n) is 7.28. The molecule has 1 amide bonds. The average Bonchev–Trinajstić information content (AvgIpc) is 2.31. The Labute approximate surface area is 123 Å². The molecular weight excluding hydrogens is 254 g/mol. The highest BCUT2D eigenvalue weighted by molar-refractivity contribution is 5.81. The van der Waals surface area contributed by atoms with Crippen LogP contribution in [0.25, 0.3) is 0 Å². The summed E-state index contributed by atoms with van der Waals surface area (Å²) in [5, 5.41) is 11.8. The van der Waals surface area contributed by atoms with Gasteiger partial charge < -0.3 is 10.4 Å². The zero-order valence-corrected chi connectivity index (χ0v) is 13.9. The number of hydrogen-bond acceptors (Lipinski definition) is 2. The maximum atomic E-state index is 12.0. The highest BCUT2D eigenvalue weighted by Crippen LogP contribution is 2.32. The van der Waals surface area contributed by atoms with Crippen molar-refractivity contribution in [1.82, 2.24) is 5.32 Å². The van der Waals surface area contributed by atoms with E-state index in [4.69, 9.17) is 5.11 Å². The van der Waals surface area contributed by atoms with Gasteiger partial charge in [0.1, 0.15) is 0 Å². The SMILES string of the molecule is CCC(C)(C)C(=O)NCCC(CCC(=O)O)C(C)(C)C. The molecule has 4 heteroatoms. The molecule has 2 N–H and O–H groups in total. The van der Waals surface area contributed by atoms with Crippen molar-refractivity contribution in [2.24, 2.45) is 16.7 Å². The van der Waals surface area contributed by atoms with E-state index in [-0.39, 0.29) is 23.2 Å². The Morgan fingerprint density at radius 2 is 1.65 bits per heavy atom. The molecule has 20 heavy (non-hydrogen) atoms. The third kappa shape index (κ3) is 6.92. The second-order valence-corrected chi connectivity index (χ2v) is 7.28. The smallest absolute Gasteiger partial charge is 0.303 e. The van der Waals surface area contributed by atoms with Crippen LogP contribution in [0.15, 0.2) is 0 Å². The van der Waals surface area contributed by atoms with Gasteiger partial charge in [0.05, 0.1) is 0 Å². The predicted molar refractivity (Wildman–Crippen MR) is 81.5 cm³/mol. The molecule has 0 saturated heterocycles. The minimum Gasteiger partial charge on any atom is -0.481 e. The van der Waals surface area contributed by atoms with Gasteiger partial charge in [-0.15, -0.1) is 0 Å². The zero-order valence-electron chi connectivity index (χ0n) is 13.9. The maximum absolute atomic E-state index is 12.0. The van der Waals surface area contributed by atoms with E-state index in [1.807, 2.05) is 20.8 Å². The third-order valence-corrected chi connectivity index (χ3v) is 4.21. The van der Waals surface area contributed by atoms with E-state index in [2.05, 4.69) is 26.1 Å². The first kappa shape index (κ1) is 18.9. The molecule has 0 aliphatic carbocycles. The summed E-state index contributed by atoms with van der Waals surface area (Å²) < 4.78 is 0. The summed E-state index contributed by atoms with van der Waals surface area (Å²) in [5.74, 6) is -0.384. The van der Waals surface area contributed by atoms with E-state index < -0.39 is 5.97 Å². The molecule has 0 aliphatic heterocycles. The lowest BCUT2D eigenvalue weighted by atomic mass is 9.76. The van der Waals surface area contributed by atoms with Gasteiger partial charge in [0.2, 0.25) is 5.91 Å². The number of amides is 1. The van der Waals surface area contributed by atoms with Crippen molar-refractivity contribution in [1.29, 1.82) is 0 Å². The molecule has 0 bridgehead atoms. The number of carbonyl (C=O) groups excluding carboxylic acids is 1. The Kier molecular flexibility index (Phi) is 7.25. The van der Waals surface area contributed by atoms with Crippen LogP contribution >= 0.6 is 0 Å². The summed E-state index contributed by atoms with van der Waals surface area (Å²) in [6.45, 7) is 12.9. The van der Waals surface area contributed by atoms with Crippen LogP contribution in [0, 0.1) is 16.7 Å². The van der Waals surface area contributed by atoms with E-state index in [0.717, 1.165) is 12.8 Å². The molecule has 4 nitrogen and oxygen atoms in total. The molecule has 1 atom stereocenters. The van der Waals surface area contributed by atoms with Crippen molar-refractivity contribution in [3.05, 3.63) is 0 Å². The molecular formula is C16H31NO3. The van der Waals surface area contributed by atoms with E-state index >= 15 is 0 Å². The summed E-state index contributed by atoms with van der Waals surface area (Å²) in [6.07, 6.45) is 2.48. The fraction of sp³-hybridized carbons (Fsp3) is 0.875. The van der Waals surface area contributed by atoms with Crippen molar-refractivity contribution in [3.8, 4) is 0 Å². The second kappa shape index (κ2) is 7.65. The van der Waals surface area contributed by atoms with Crippen molar-refractivity contribution < 1.29 is 14.7 Å². The van der Waals surface area contributed by atoms with Crippen LogP contribution in [-0.4, -0.2) is 23.5 Å². The van der Waals surface area contributed by atoms with Crippen molar-refractivity contribution in [2.75, 3.05) is 6.54 Å². The molecule has 0 rings (SSSR count). The van der Waals surface area contributed by atoms with Gasteiger partial charge in [-0.1, -0.05) is 41.5 Å². The van der Waals surface area contributed by atoms with E-state index in [0.29, 0.717) is 18.9 Å². The van der Waals surface area contributed by atoms with Crippen LogP contribution in [0.3, 0.4) is 0 Å². The summed E-state index contributed by atoms with van der Waals surface area (Å²) >= 11 is 0. The topological polar surface area (TPSA) is 66.4 Å². The Balaban J connectivity index is 4.35. The number of aliphatic carboxylic acids is 1. The monoisotopic (exact) mass is 285 g/mol. The van der Waals surface area contributed by atoms with E-state index in [9.17, 15) is 9.59 Å². The van der Waals surface area contributed by atoms with Crippen molar-refractivity contribution in [2.45, 2.75) is 67.2 Å². The highest BCUT2D eigenvalue weighted by Gasteiger charge is 2.27. The number of carbonyl (C=O) groups is 2. The number of nitrogens with one attached hydrogen (secondary N) is 1. The predicted octanol–water partition coefficient (Wildman–Crippen LogP) is 3.46. The molecule has 0 aromatic carbocycles. The fourth-order valence-corrected chi connectivity index (χ4v) is 2.07. The van der Waals surface area contributed by atoms with Crippen LogP contribution in [-0.2, 0) is 9.59 Å². The number of hydrogen-bond donors (Lipinski definition) is 2. The highest BCUT2D eigenvalue weighted by atomic mass is 16.4. The van der Waals surface area contributed by atoms with Gasteiger partial charge in [0, 0.05) is 18.4 Å². The Morgan fingerprint density at radius 1 is 1.10 bits per heavy atom. The maximum Gasteiger partial charge on any atom is 0.303 e. The van der Waals surface area contributed by atoms with Gasteiger partial charge >= 0.3 is 5.97 Å². The molecule has 0 saturated carbocycles. The molecule has 0 fully saturated rings. The van der Waals surface area contributed by atoms with Crippen LogP contribution in [0.1, 0.15) is 67.2 Å². The molecule has 0 radical (unpaired) electrons. The molecule has 0 spiro atoms. The minimum atomic E-state index is -0.754. The standard InChI is InChI=1S/C16H31NO3/c1-7-16(5,6)14(20)17-11-10-12(15(2,3)4)8-9-13(18)19/h12H,7-11H2,1-6H3,(H,17,20)(H,18,19). The minimum absolute atomic E-state index is 0.0560. The summed E-state index contributed by atoms with van der Waals surface area (Å²) in [4.78, 5) is 22.7. The first-order valence-corrected chi connectivity index (χ1v) is 7.50. The first-order chi connectivity index (χ1) is 9.00. The van der Waals surface area contributed by atoms with Crippen LogP contribution in [0.5, 0.6) is 0 Å². The van der Waals surface area contributed by atoms with E-state index in [1.165, 1.54) is 0 Å². The first-order valence-electron chi connectivity index (χ1n) is 7.50. The lowest BCUT2D eigenvalue weighted by molar-refractivity contribution is -0.137. The number of carboxylic acids is 1. The largest absolute Gasteiger partial charge is 0.481 e. The lowest BCUT2D eigenvalue weighted by Crippen LogP contribution is -2.38. The molecule has 0 aromatic rings. The Bertz CT molecular complexity index is 329. The Hall–Kier alpha value is -1.06. The van der Waals surface area contributed by atoms with Gasteiger partial charge in [0.25, 0.3) is 0 Å². The van der Waals surface area contributed by atoms with E-state index in [1.54, 1.807) is 0 Å². The summed E-state index contributed by atoms with van der Waals surface area (Å²) in [5.41, 5.74) is -0.279.